The standard InChI is InChI=1S/C12H17NO3S/c1-8-3-4-11(17-8)12(14)13-9-5-6-16-7-10(9)15-2/h3-4,9-10H,5-7H2,1-2H3,(H,13,14)/t9-,10-/m1/s1. The second kappa shape index (κ2) is 5.62. The van der Waals surface area contributed by atoms with Crippen molar-refractivity contribution in [3.8, 4) is 0 Å². The highest BCUT2D eigenvalue weighted by atomic mass is 32.1. The molecule has 2 atom stereocenters. The molecule has 0 spiro atoms. The highest BCUT2D eigenvalue weighted by Crippen LogP contribution is 2.17. The van der Waals surface area contributed by atoms with Gasteiger partial charge in [0.25, 0.3) is 5.91 Å². The summed E-state index contributed by atoms with van der Waals surface area (Å²) in [5.74, 6) is -0.0166. The van der Waals surface area contributed by atoms with Crippen LogP contribution in [0.1, 0.15) is 21.0 Å². The van der Waals surface area contributed by atoms with Crippen LogP contribution in [0.3, 0.4) is 0 Å². The topological polar surface area (TPSA) is 47.6 Å². The van der Waals surface area contributed by atoms with Crippen LogP contribution in [0.15, 0.2) is 12.1 Å². The Morgan fingerprint density at radius 3 is 3.06 bits per heavy atom. The number of carbonyl (C=O) groups is 1. The van der Waals surface area contributed by atoms with Crippen molar-refractivity contribution < 1.29 is 14.3 Å². The van der Waals surface area contributed by atoms with E-state index < -0.39 is 0 Å². The van der Waals surface area contributed by atoms with E-state index in [9.17, 15) is 4.79 Å². The van der Waals surface area contributed by atoms with E-state index in [0.29, 0.717) is 13.2 Å². The maximum Gasteiger partial charge on any atom is 0.261 e. The van der Waals surface area contributed by atoms with E-state index in [1.54, 1.807) is 7.11 Å². The Balaban J connectivity index is 1.97. The minimum absolute atomic E-state index is 0.0166. The zero-order chi connectivity index (χ0) is 12.3. The van der Waals surface area contributed by atoms with Crippen molar-refractivity contribution in [2.75, 3.05) is 20.3 Å². The molecule has 4 nitrogen and oxygen atoms in total. The SMILES string of the molecule is CO[C@@H]1COCC[C@H]1NC(=O)c1ccc(C)s1. The number of thiophene rings is 1. The van der Waals surface area contributed by atoms with Crippen LogP contribution in [0, 0.1) is 6.92 Å². The van der Waals surface area contributed by atoms with E-state index in [-0.39, 0.29) is 18.1 Å². The molecule has 1 aliphatic rings. The Hall–Kier alpha value is -0.910. The lowest BCUT2D eigenvalue weighted by molar-refractivity contribution is -0.0478. The fourth-order valence-electron chi connectivity index (χ4n) is 1.91. The zero-order valence-electron chi connectivity index (χ0n) is 10.1. The Morgan fingerprint density at radius 2 is 2.41 bits per heavy atom. The zero-order valence-corrected chi connectivity index (χ0v) is 10.9. The van der Waals surface area contributed by atoms with Gasteiger partial charge >= 0.3 is 0 Å². The molecule has 1 saturated heterocycles. The predicted molar refractivity (Wildman–Crippen MR) is 66.5 cm³/mol. The summed E-state index contributed by atoms with van der Waals surface area (Å²) in [5, 5.41) is 3.02. The van der Waals surface area contributed by atoms with Gasteiger partial charge < -0.3 is 14.8 Å². The Labute approximate surface area is 105 Å². The van der Waals surface area contributed by atoms with Gasteiger partial charge in [-0.3, -0.25) is 4.79 Å². The summed E-state index contributed by atoms with van der Waals surface area (Å²) < 4.78 is 10.6. The average Bonchev–Trinajstić information content (AvgIpc) is 2.77. The van der Waals surface area contributed by atoms with E-state index >= 15 is 0 Å². The summed E-state index contributed by atoms with van der Waals surface area (Å²) in [6.45, 7) is 3.22. The molecular formula is C12H17NO3S. The smallest absolute Gasteiger partial charge is 0.261 e. The molecule has 0 radical (unpaired) electrons. The van der Waals surface area contributed by atoms with Crippen molar-refractivity contribution in [2.45, 2.75) is 25.5 Å². The Bertz CT molecular complexity index is 391. The molecule has 0 aliphatic carbocycles. The van der Waals surface area contributed by atoms with Crippen LogP contribution in [0.5, 0.6) is 0 Å². The summed E-state index contributed by atoms with van der Waals surface area (Å²) in [7, 11) is 1.65. The first-order chi connectivity index (χ1) is 8.20. The summed E-state index contributed by atoms with van der Waals surface area (Å²) >= 11 is 1.51. The lowest BCUT2D eigenvalue weighted by Crippen LogP contribution is -2.49. The molecule has 0 saturated carbocycles. The van der Waals surface area contributed by atoms with Gasteiger partial charge in [-0.25, -0.2) is 0 Å². The number of nitrogens with one attached hydrogen (secondary N) is 1. The number of aryl methyl sites for hydroxylation is 1. The number of methoxy groups -OCH3 is 1. The minimum Gasteiger partial charge on any atom is -0.379 e. The van der Waals surface area contributed by atoms with E-state index in [1.807, 2.05) is 19.1 Å². The van der Waals surface area contributed by atoms with Gasteiger partial charge in [-0.15, -0.1) is 11.3 Å². The van der Waals surface area contributed by atoms with Gasteiger partial charge in [-0.05, 0) is 25.5 Å². The highest BCUT2D eigenvalue weighted by Gasteiger charge is 2.27. The lowest BCUT2D eigenvalue weighted by Gasteiger charge is -2.30. The Morgan fingerprint density at radius 1 is 1.59 bits per heavy atom. The first kappa shape index (κ1) is 12.5. The number of hydrogen-bond acceptors (Lipinski definition) is 4. The van der Waals surface area contributed by atoms with Crippen molar-refractivity contribution in [3.63, 3.8) is 0 Å². The molecule has 1 fully saturated rings. The summed E-state index contributed by atoms with van der Waals surface area (Å²) in [6.07, 6.45) is 0.753. The van der Waals surface area contributed by atoms with Gasteiger partial charge in [-0.2, -0.15) is 0 Å². The fourth-order valence-corrected chi connectivity index (χ4v) is 2.68. The lowest BCUT2D eigenvalue weighted by atomic mass is 10.1. The first-order valence-electron chi connectivity index (χ1n) is 5.68. The quantitative estimate of drug-likeness (QED) is 0.892. The Kier molecular flexibility index (Phi) is 4.15. The second-order valence-corrected chi connectivity index (χ2v) is 5.42. The average molecular weight is 255 g/mol. The van der Waals surface area contributed by atoms with Crippen LogP contribution in [0.2, 0.25) is 0 Å². The summed E-state index contributed by atoms with van der Waals surface area (Å²) in [5.41, 5.74) is 0. The number of ether oxygens (including phenoxy) is 2. The first-order valence-corrected chi connectivity index (χ1v) is 6.50. The van der Waals surface area contributed by atoms with Crippen molar-refractivity contribution in [1.82, 2.24) is 5.32 Å². The number of hydrogen-bond donors (Lipinski definition) is 1. The van der Waals surface area contributed by atoms with Crippen LogP contribution >= 0.6 is 11.3 Å². The molecule has 5 heteroatoms. The van der Waals surface area contributed by atoms with Gasteiger partial charge in [0.15, 0.2) is 0 Å². The summed E-state index contributed by atoms with van der Waals surface area (Å²) in [4.78, 5) is 13.9. The second-order valence-electron chi connectivity index (χ2n) is 4.13. The van der Waals surface area contributed by atoms with Gasteiger partial charge in [-0.1, -0.05) is 0 Å². The van der Waals surface area contributed by atoms with Crippen molar-refractivity contribution in [3.05, 3.63) is 21.9 Å². The summed E-state index contributed by atoms with van der Waals surface area (Å²) in [6, 6.07) is 3.86. The minimum atomic E-state index is -0.0474. The van der Waals surface area contributed by atoms with Crippen LogP contribution in [-0.2, 0) is 9.47 Å². The van der Waals surface area contributed by atoms with E-state index in [1.165, 1.54) is 11.3 Å². The van der Waals surface area contributed by atoms with Crippen molar-refractivity contribution >= 4 is 17.2 Å². The maximum atomic E-state index is 12.0. The van der Waals surface area contributed by atoms with Crippen LogP contribution in [0.25, 0.3) is 0 Å². The van der Waals surface area contributed by atoms with Crippen molar-refractivity contribution in [2.24, 2.45) is 0 Å². The molecule has 0 aromatic carbocycles. The molecule has 2 rings (SSSR count). The molecule has 0 unspecified atom stereocenters. The van der Waals surface area contributed by atoms with Crippen LogP contribution in [-0.4, -0.2) is 38.4 Å². The fraction of sp³-hybridized carbons (Fsp3) is 0.583. The number of rotatable bonds is 3. The highest BCUT2D eigenvalue weighted by molar-refractivity contribution is 7.13. The number of carbonyl (C=O) groups excluding carboxylic acids is 1. The maximum absolute atomic E-state index is 12.0. The third-order valence-corrected chi connectivity index (χ3v) is 3.89. The van der Waals surface area contributed by atoms with Gasteiger partial charge in [0.2, 0.25) is 0 Å². The molecule has 1 amide bonds. The van der Waals surface area contributed by atoms with E-state index in [0.717, 1.165) is 16.2 Å². The third-order valence-electron chi connectivity index (χ3n) is 2.89. The molecule has 2 heterocycles. The number of amides is 1. The third kappa shape index (κ3) is 3.06. The predicted octanol–water partition coefficient (Wildman–Crippen LogP) is 1.59. The van der Waals surface area contributed by atoms with Crippen molar-refractivity contribution in [1.29, 1.82) is 0 Å². The molecule has 1 aromatic heterocycles. The molecule has 94 valence electrons. The normalized spacial score (nSPS) is 24.6. The molecule has 17 heavy (non-hydrogen) atoms. The van der Waals surface area contributed by atoms with Crippen LogP contribution < -0.4 is 5.32 Å². The van der Waals surface area contributed by atoms with E-state index in [4.69, 9.17) is 9.47 Å². The van der Waals surface area contributed by atoms with E-state index in [2.05, 4.69) is 5.32 Å². The molecular weight excluding hydrogens is 238 g/mol. The largest absolute Gasteiger partial charge is 0.379 e. The van der Waals surface area contributed by atoms with Gasteiger partial charge in [0, 0.05) is 18.6 Å². The molecule has 1 aliphatic heterocycles. The monoisotopic (exact) mass is 255 g/mol. The van der Waals surface area contributed by atoms with Crippen LogP contribution in [0.4, 0.5) is 0 Å². The molecule has 0 bridgehead atoms. The van der Waals surface area contributed by atoms with Gasteiger partial charge in [0.05, 0.1) is 17.5 Å². The molecule has 1 N–H and O–H groups in total. The van der Waals surface area contributed by atoms with Gasteiger partial charge in [0.1, 0.15) is 6.10 Å². The molecule has 1 aromatic rings.